The van der Waals surface area contributed by atoms with Crippen LogP contribution in [-0.2, 0) is 0 Å². The molecular formula is C13H10ClF2N3O. The highest BCUT2D eigenvalue weighted by molar-refractivity contribution is 6.28. The third kappa shape index (κ3) is 1.91. The summed E-state index contributed by atoms with van der Waals surface area (Å²) < 4.78 is 31.4. The lowest BCUT2D eigenvalue weighted by Crippen LogP contribution is -1.93. The average molecular weight is 298 g/mol. The number of fused-ring (bicyclic) bond motifs is 3. The fraction of sp³-hybridized carbons (Fsp3) is 0.308. The highest BCUT2D eigenvalue weighted by Gasteiger charge is 2.23. The van der Waals surface area contributed by atoms with Crippen molar-refractivity contribution in [3.05, 3.63) is 28.8 Å². The molecule has 1 aromatic carbocycles. The lowest BCUT2D eigenvalue weighted by molar-refractivity contribution is 0.151. The standard InChI is InChI=1S/C13H10ClF2N3O/c1-5(2)9-8-10-6(4-17-13(14)18-10)3-7(12(15)16)11(8)20-19-9/h3-5,12H,1-2H3. The van der Waals surface area contributed by atoms with Crippen molar-refractivity contribution in [3.63, 3.8) is 0 Å². The molecule has 3 rings (SSSR count). The van der Waals surface area contributed by atoms with Gasteiger partial charge >= 0.3 is 0 Å². The van der Waals surface area contributed by atoms with E-state index in [4.69, 9.17) is 16.1 Å². The van der Waals surface area contributed by atoms with Crippen molar-refractivity contribution in [2.24, 2.45) is 0 Å². The zero-order valence-corrected chi connectivity index (χ0v) is 11.4. The molecule has 2 aromatic heterocycles. The van der Waals surface area contributed by atoms with Crippen molar-refractivity contribution in [2.45, 2.75) is 26.2 Å². The van der Waals surface area contributed by atoms with Crippen LogP contribution in [0.5, 0.6) is 0 Å². The van der Waals surface area contributed by atoms with E-state index in [1.54, 1.807) is 0 Å². The fourth-order valence-electron chi connectivity index (χ4n) is 2.19. The van der Waals surface area contributed by atoms with E-state index in [0.29, 0.717) is 22.0 Å². The molecule has 0 N–H and O–H groups in total. The largest absolute Gasteiger partial charge is 0.355 e. The fourth-order valence-corrected chi connectivity index (χ4v) is 2.33. The predicted molar refractivity (Wildman–Crippen MR) is 71.2 cm³/mol. The molecule has 0 saturated carbocycles. The van der Waals surface area contributed by atoms with Gasteiger partial charge in [0.25, 0.3) is 6.43 Å². The van der Waals surface area contributed by atoms with Gasteiger partial charge in [0.2, 0.25) is 5.28 Å². The van der Waals surface area contributed by atoms with Crippen molar-refractivity contribution < 1.29 is 13.3 Å². The summed E-state index contributed by atoms with van der Waals surface area (Å²) in [7, 11) is 0. The number of aromatic nitrogens is 3. The number of alkyl halides is 2. The Bertz CT molecular complexity index is 801. The van der Waals surface area contributed by atoms with Crippen LogP contribution < -0.4 is 0 Å². The topological polar surface area (TPSA) is 51.8 Å². The first kappa shape index (κ1) is 13.2. The summed E-state index contributed by atoms with van der Waals surface area (Å²) in [5.41, 5.74) is 0.917. The number of benzene rings is 1. The molecule has 0 aliphatic rings. The van der Waals surface area contributed by atoms with Gasteiger partial charge < -0.3 is 4.52 Å². The van der Waals surface area contributed by atoms with Crippen molar-refractivity contribution >= 4 is 33.5 Å². The Morgan fingerprint density at radius 2 is 2.05 bits per heavy atom. The van der Waals surface area contributed by atoms with Crippen LogP contribution in [0, 0.1) is 0 Å². The minimum Gasteiger partial charge on any atom is -0.355 e. The van der Waals surface area contributed by atoms with Crippen LogP contribution in [0.2, 0.25) is 5.28 Å². The first-order valence-electron chi connectivity index (χ1n) is 6.01. The second kappa shape index (κ2) is 4.63. The van der Waals surface area contributed by atoms with Crippen LogP contribution in [0.15, 0.2) is 16.8 Å². The Morgan fingerprint density at radius 3 is 2.70 bits per heavy atom. The summed E-state index contributed by atoms with van der Waals surface area (Å²) in [6.07, 6.45) is -1.24. The van der Waals surface area contributed by atoms with E-state index in [-0.39, 0.29) is 22.3 Å². The SMILES string of the molecule is CC(C)c1noc2c(C(F)F)cc3cnc(Cl)nc3c12. The molecule has 7 heteroatoms. The number of halogens is 3. The van der Waals surface area contributed by atoms with E-state index in [1.165, 1.54) is 12.3 Å². The number of rotatable bonds is 2. The molecule has 2 heterocycles. The molecule has 0 aliphatic carbocycles. The lowest BCUT2D eigenvalue weighted by Gasteiger charge is -2.06. The molecule has 4 nitrogen and oxygen atoms in total. The number of nitrogens with zero attached hydrogens (tertiary/aromatic N) is 3. The molecule has 0 radical (unpaired) electrons. The maximum atomic E-state index is 13.2. The maximum absolute atomic E-state index is 13.2. The zero-order valence-electron chi connectivity index (χ0n) is 10.7. The van der Waals surface area contributed by atoms with Crippen molar-refractivity contribution in [1.29, 1.82) is 0 Å². The summed E-state index contributed by atoms with van der Waals surface area (Å²) >= 11 is 5.80. The summed E-state index contributed by atoms with van der Waals surface area (Å²) in [5, 5.41) is 4.93. The quantitative estimate of drug-likeness (QED) is 0.654. The smallest absolute Gasteiger partial charge is 0.267 e. The minimum absolute atomic E-state index is 0.0149. The van der Waals surface area contributed by atoms with Gasteiger partial charge in [-0.1, -0.05) is 19.0 Å². The van der Waals surface area contributed by atoms with Crippen LogP contribution in [0.1, 0.15) is 37.4 Å². The van der Waals surface area contributed by atoms with E-state index < -0.39 is 6.43 Å². The first-order valence-corrected chi connectivity index (χ1v) is 6.39. The van der Waals surface area contributed by atoms with E-state index in [9.17, 15) is 8.78 Å². The molecule has 104 valence electrons. The predicted octanol–water partition coefficient (Wildman–Crippen LogP) is 4.49. The molecule has 0 bridgehead atoms. The van der Waals surface area contributed by atoms with Gasteiger partial charge in [-0.2, -0.15) is 0 Å². The third-order valence-corrected chi connectivity index (χ3v) is 3.28. The third-order valence-electron chi connectivity index (χ3n) is 3.10. The Morgan fingerprint density at radius 1 is 1.30 bits per heavy atom. The van der Waals surface area contributed by atoms with Gasteiger partial charge in [-0.05, 0) is 23.6 Å². The van der Waals surface area contributed by atoms with E-state index >= 15 is 0 Å². The van der Waals surface area contributed by atoms with Crippen LogP contribution in [-0.4, -0.2) is 15.1 Å². The monoisotopic (exact) mass is 297 g/mol. The number of hydrogen-bond donors (Lipinski definition) is 0. The van der Waals surface area contributed by atoms with E-state index in [0.717, 1.165) is 0 Å². The van der Waals surface area contributed by atoms with Gasteiger partial charge in [0.15, 0.2) is 5.58 Å². The highest BCUT2D eigenvalue weighted by Crippen LogP contribution is 2.37. The molecule has 0 unspecified atom stereocenters. The molecule has 3 aromatic rings. The Balaban J connectivity index is 2.53. The van der Waals surface area contributed by atoms with Crippen LogP contribution in [0.4, 0.5) is 8.78 Å². The van der Waals surface area contributed by atoms with Gasteiger partial charge in [0, 0.05) is 11.6 Å². The molecule has 0 atom stereocenters. The summed E-state index contributed by atoms with van der Waals surface area (Å²) in [6.45, 7) is 3.81. The van der Waals surface area contributed by atoms with Gasteiger partial charge in [-0.25, -0.2) is 18.7 Å². The molecule has 0 saturated heterocycles. The summed E-state index contributed by atoms with van der Waals surface area (Å²) in [4.78, 5) is 7.96. The van der Waals surface area contributed by atoms with E-state index in [1.807, 2.05) is 13.8 Å². The second-order valence-corrected chi connectivity index (χ2v) is 5.11. The molecular weight excluding hydrogens is 288 g/mol. The summed E-state index contributed by atoms with van der Waals surface area (Å²) in [5.74, 6) is 0.0149. The van der Waals surface area contributed by atoms with Crippen LogP contribution in [0.25, 0.3) is 21.9 Å². The Kier molecular flexibility index (Phi) is 3.05. The number of hydrogen-bond acceptors (Lipinski definition) is 4. The van der Waals surface area contributed by atoms with Crippen LogP contribution >= 0.6 is 11.6 Å². The Hall–Kier alpha value is -1.82. The van der Waals surface area contributed by atoms with Crippen molar-refractivity contribution in [1.82, 2.24) is 15.1 Å². The first-order chi connectivity index (χ1) is 9.49. The van der Waals surface area contributed by atoms with Gasteiger partial charge in [-0.15, -0.1) is 0 Å². The van der Waals surface area contributed by atoms with Gasteiger partial charge in [0.1, 0.15) is 0 Å². The average Bonchev–Trinajstić information content (AvgIpc) is 2.82. The highest BCUT2D eigenvalue weighted by atomic mass is 35.5. The minimum atomic E-state index is -2.66. The second-order valence-electron chi connectivity index (χ2n) is 4.77. The molecule has 0 spiro atoms. The van der Waals surface area contributed by atoms with Crippen molar-refractivity contribution in [2.75, 3.05) is 0 Å². The van der Waals surface area contributed by atoms with Crippen molar-refractivity contribution in [3.8, 4) is 0 Å². The normalized spacial score (nSPS) is 12.2. The lowest BCUT2D eigenvalue weighted by atomic mass is 10.0. The Labute approximate surface area is 117 Å². The maximum Gasteiger partial charge on any atom is 0.267 e. The zero-order chi connectivity index (χ0) is 14.4. The van der Waals surface area contributed by atoms with Gasteiger partial charge in [0.05, 0.1) is 22.2 Å². The van der Waals surface area contributed by atoms with Crippen LogP contribution in [0.3, 0.4) is 0 Å². The molecule has 0 aliphatic heterocycles. The summed E-state index contributed by atoms with van der Waals surface area (Å²) in [6, 6.07) is 1.31. The molecule has 20 heavy (non-hydrogen) atoms. The van der Waals surface area contributed by atoms with Gasteiger partial charge in [-0.3, -0.25) is 0 Å². The molecule has 0 fully saturated rings. The van der Waals surface area contributed by atoms with E-state index in [2.05, 4.69) is 15.1 Å². The molecule has 0 amide bonds.